The molecule has 0 atom stereocenters. The molecular formula is C33H33N3O7S. The van der Waals surface area contributed by atoms with E-state index in [0.717, 1.165) is 18.4 Å². The number of carboxylic acids is 1. The third kappa shape index (κ3) is 8.21. The molecule has 1 heterocycles. The van der Waals surface area contributed by atoms with Crippen molar-refractivity contribution < 1.29 is 32.6 Å². The fourth-order valence-corrected chi connectivity index (χ4v) is 6.41. The second-order valence-corrected chi connectivity index (χ2v) is 12.4. The molecular weight excluding hydrogens is 582 g/mol. The van der Waals surface area contributed by atoms with Gasteiger partial charge in [-0.25, -0.2) is 22.9 Å². The fourth-order valence-electron chi connectivity index (χ4n) is 5.00. The van der Waals surface area contributed by atoms with Crippen LogP contribution in [-0.4, -0.2) is 42.5 Å². The van der Waals surface area contributed by atoms with Gasteiger partial charge in [0, 0.05) is 18.3 Å². The molecule has 0 bridgehead atoms. The minimum Gasteiger partial charge on any atom is -0.490 e. The molecule has 1 aliphatic rings. The molecule has 0 spiro atoms. The molecule has 0 saturated heterocycles. The Morgan fingerprint density at radius 2 is 1.64 bits per heavy atom. The predicted octanol–water partition coefficient (Wildman–Crippen LogP) is 5.73. The summed E-state index contributed by atoms with van der Waals surface area (Å²) in [4.78, 5) is 28.4. The van der Waals surface area contributed by atoms with Crippen molar-refractivity contribution in [1.29, 1.82) is 0 Å². The number of anilines is 1. The summed E-state index contributed by atoms with van der Waals surface area (Å²) in [5.41, 5.74) is 1.80. The Hall–Kier alpha value is -4.74. The lowest BCUT2D eigenvalue weighted by molar-refractivity contribution is -0.115. The minimum absolute atomic E-state index is 0.00879. The van der Waals surface area contributed by atoms with E-state index in [1.54, 1.807) is 54.6 Å². The number of carbonyl (C=O) groups is 2. The first-order valence-electron chi connectivity index (χ1n) is 14.3. The Morgan fingerprint density at radius 1 is 0.909 bits per heavy atom. The maximum absolute atomic E-state index is 12.7. The smallest absolute Gasteiger partial charge is 0.337 e. The number of rotatable bonds is 11. The summed E-state index contributed by atoms with van der Waals surface area (Å²) in [5, 5.41) is 11.9. The van der Waals surface area contributed by atoms with Crippen LogP contribution in [0.15, 0.2) is 96.0 Å². The van der Waals surface area contributed by atoms with Gasteiger partial charge in [0.05, 0.1) is 28.7 Å². The van der Waals surface area contributed by atoms with E-state index in [0.29, 0.717) is 35.8 Å². The molecule has 228 valence electrons. The van der Waals surface area contributed by atoms with Crippen molar-refractivity contribution in [2.45, 2.75) is 56.1 Å². The zero-order chi connectivity index (χ0) is 31.1. The van der Waals surface area contributed by atoms with Crippen molar-refractivity contribution in [3.05, 3.63) is 108 Å². The number of aromatic carboxylic acids is 1. The van der Waals surface area contributed by atoms with Gasteiger partial charge in [-0.2, -0.15) is 0 Å². The number of amides is 1. The number of carbonyl (C=O) groups excluding carboxylic acids is 1. The highest BCUT2D eigenvalue weighted by Crippen LogP contribution is 2.28. The lowest BCUT2D eigenvalue weighted by Gasteiger charge is -2.29. The van der Waals surface area contributed by atoms with Gasteiger partial charge < -0.3 is 19.9 Å². The number of pyridine rings is 1. The number of para-hydroxylation sites is 1. The largest absolute Gasteiger partial charge is 0.490 e. The first-order chi connectivity index (χ1) is 21.1. The molecule has 0 radical (unpaired) electrons. The molecule has 1 aliphatic carbocycles. The number of aromatic nitrogens is 1. The number of nitrogens with zero attached hydrogens (tertiary/aromatic N) is 1. The highest BCUT2D eigenvalue weighted by atomic mass is 32.2. The van der Waals surface area contributed by atoms with E-state index in [1.807, 2.05) is 25.1 Å². The van der Waals surface area contributed by atoms with E-state index in [9.17, 15) is 23.1 Å². The van der Waals surface area contributed by atoms with Gasteiger partial charge in [-0.05, 0) is 92.3 Å². The van der Waals surface area contributed by atoms with Gasteiger partial charge >= 0.3 is 5.97 Å². The van der Waals surface area contributed by atoms with Crippen LogP contribution < -0.4 is 19.5 Å². The van der Waals surface area contributed by atoms with Gasteiger partial charge in [-0.15, -0.1) is 0 Å². The molecule has 1 aromatic heterocycles. The van der Waals surface area contributed by atoms with E-state index < -0.39 is 16.0 Å². The molecule has 5 rings (SSSR count). The molecule has 1 amide bonds. The summed E-state index contributed by atoms with van der Waals surface area (Å²) in [7, 11) is -3.56. The number of nitrogens with one attached hydrogen (secondary N) is 2. The van der Waals surface area contributed by atoms with E-state index in [4.69, 9.17) is 9.47 Å². The average molecular weight is 616 g/mol. The molecule has 10 nitrogen and oxygen atoms in total. The van der Waals surface area contributed by atoms with E-state index in [2.05, 4.69) is 15.0 Å². The van der Waals surface area contributed by atoms with Crippen LogP contribution in [0.4, 0.5) is 5.69 Å². The van der Waals surface area contributed by atoms with Crippen molar-refractivity contribution in [2.75, 3.05) is 5.32 Å². The number of ether oxygens (including phenoxy) is 2. The standard InChI is InChI=1S/C33H33N3O7S/c1-22-5-4-6-28(19-22)44(40,41)36-24-10-12-25(13-11-24)42-26-14-16-27(17-15-26)43-32-18-9-23(21-34-32)20-31(37)35-30-8-3-2-7-29(30)33(38)39/h2-9,14-19,21,24-25,36H,10-13,20H2,1H3,(H,35,37)(H,38,39). The topological polar surface area (TPSA) is 144 Å². The molecule has 3 N–H and O–H groups in total. The number of carboxylic acid groups (broad SMARTS) is 1. The Morgan fingerprint density at radius 3 is 2.32 bits per heavy atom. The Kier molecular flexibility index (Phi) is 9.56. The van der Waals surface area contributed by atoms with E-state index in [1.165, 1.54) is 18.3 Å². The lowest BCUT2D eigenvalue weighted by Crippen LogP contribution is -2.39. The molecule has 44 heavy (non-hydrogen) atoms. The second-order valence-electron chi connectivity index (χ2n) is 10.7. The number of hydrogen-bond acceptors (Lipinski definition) is 7. The summed E-state index contributed by atoms with van der Waals surface area (Å²) >= 11 is 0. The SMILES string of the molecule is Cc1cccc(S(=O)(=O)NC2CCC(Oc3ccc(Oc4ccc(CC(=O)Nc5ccccc5C(=O)O)cn4)cc3)CC2)c1. The van der Waals surface area contributed by atoms with Gasteiger partial charge in [-0.3, -0.25) is 4.79 Å². The van der Waals surface area contributed by atoms with Gasteiger partial charge in [0.15, 0.2) is 0 Å². The van der Waals surface area contributed by atoms with Gasteiger partial charge in [0.2, 0.25) is 21.8 Å². The molecule has 4 aromatic rings. The summed E-state index contributed by atoms with van der Waals surface area (Å²) in [6, 6.07) is 23.5. The normalized spacial score (nSPS) is 16.6. The maximum atomic E-state index is 12.7. The van der Waals surface area contributed by atoms with Crippen molar-refractivity contribution in [3.8, 4) is 17.4 Å². The van der Waals surface area contributed by atoms with Crippen LogP contribution in [-0.2, 0) is 21.2 Å². The predicted molar refractivity (Wildman–Crippen MR) is 165 cm³/mol. The van der Waals surface area contributed by atoms with Crippen LogP contribution >= 0.6 is 0 Å². The van der Waals surface area contributed by atoms with Crippen LogP contribution in [0, 0.1) is 6.92 Å². The van der Waals surface area contributed by atoms with Crippen LogP contribution in [0.3, 0.4) is 0 Å². The van der Waals surface area contributed by atoms with Crippen LogP contribution in [0.2, 0.25) is 0 Å². The second kappa shape index (κ2) is 13.7. The van der Waals surface area contributed by atoms with Gasteiger partial charge in [0.25, 0.3) is 0 Å². The summed E-state index contributed by atoms with van der Waals surface area (Å²) in [6.45, 7) is 1.87. The minimum atomic E-state index is -3.56. The monoisotopic (exact) mass is 615 g/mol. The zero-order valence-corrected chi connectivity index (χ0v) is 24.9. The average Bonchev–Trinajstić information content (AvgIpc) is 3.00. The Bertz CT molecular complexity index is 1720. The third-order valence-electron chi connectivity index (χ3n) is 7.24. The number of sulfonamides is 1. The number of benzene rings is 3. The quantitative estimate of drug-likeness (QED) is 0.194. The Labute approximate surface area is 256 Å². The van der Waals surface area contributed by atoms with Crippen molar-refractivity contribution in [3.63, 3.8) is 0 Å². The zero-order valence-electron chi connectivity index (χ0n) is 24.1. The van der Waals surface area contributed by atoms with Crippen molar-refractivity contribution in [2.24, 2.45) is 0 Å². The van der Waals surface area contributed by atoms with E-state index in [-0.39, 0.29) is 40.6 Å². The fraction of sp³-hybridized carbons (Fsp3) is 0.242. The Balaban J connectivity index is 1.07. The van der Waals surface area contributed by atoms with Crippen molar-refractivity contribution >= 4 is 27.6 Å². The molecule has 0 aliphatic heterocycles. The van der Waals surface area contributed by atoms with Crippen molar-refractivity contribution in [1.82, 2.24) is 9.71 Å². The van der Waals surface area contributed by atoms with Crippen LogP contribution in [0.25, 0.3) is 0 Å². The molecule has 0 unspecified atom stereocenters. The summed E-state index contributed by atoms with van der Waals surface area (Å²) < 4.78 is 40.3. The first kappa shape index (κ1) is 30.7. The molecule has 1 saturated carbocycles. The molecule has 1 fully saturated rings. The molecule has 11 heteroatoms. The highest BCUT2D eigenvalue weighted by molar-refractivity contribution is 7.89. The van der Waals surface area contributed by atoms with E-state index >= 15 is 0 Å². The summed E-state index contributed by atoms with van der Waals surface area (Å²) in [6.07, 6.45) is 4.40. The summed E-state index contributed by atoms with van der Waals surface area (Å²) in [5.74, 6) is 0.134. The van der Waals surface area contributed by atoms with Gasteiger partial charge in [-0.1, -0.05) is 30.3 Å². The number of aryl methyl sites for hydroxylation is 1. The lowest BCUT2D eigenvalue weighted by atomic mass is 9.94. The van der Waals surface area contributed by atoms with Crippen LogP contribution in [0.5, 0.6) is 17.4 Å². The third-order valence-corrected chi connectivity index (χ3v) is 8.76. The maximum Gasteiger partial charge on any atom is 0.337 e. The first-order valence-corrected chi connectivity index (χ1v) is 15.7. The highest BCUT2D eigenvalue weighted by Gasteiger charge is 2.27. The molecule has 3 aromatic carbocycles. The van der Waals surface area contributed by atoms with Gasteiger partial charge in [0.1, 0.15) is 11.5 Å². The number of hydrogen-bond donors (Lipinski definition) is 3. The van der Waals surface area contributed by atoms with Crippen LogP contribution in [0.1, 0.15) is 47.2 Å².